The Morgan fingerprint density at radius 2 is 2.13 bits per heavy atom. The third-order valence-electron chi connectivity index (χ3n) is 4.02. The molecule has 1 saturated heterocycles. The van der Waals surface area contributed by atoms with Crippen molar-refractivity contribution in [1.82, 2.24) is 14.9 Å². The Hall–Kier alpha value is -2.34. The molecule has 0 bridgehead atoms. The van der Waals surface area contributed by atoms with E-state index in [9.17, 15) is 0 Å². The molecule has 1 unspecified atom stereocenters. The molecule has 1 N–H and O–H groups in total. The minimum atomic E-state index is 0.389. The van der Waals surface area contributed by atoms with Gasteiger partial charge in [-0.2, -0.15) is 0 Å². The van der Waals surface area contributed by atoms with Crippen molar-refractivity contribution in [2.45, 2.75) is 19.0 Å². The van der Waals surface area contributed by atoms with Gasteiger partial charge >= 0.3 is 0 Å². The minimum absolute atomic E-state index is 0.389. The van der Waals surface area contributed by atoms with E-state index in [1.165, 1.54) is 11.9 Å². The average molecular weight is 314 g/mol. The van der Waals surface area contributed by atoms with Crippen LogP contribution in [-0.2, 0) is 6.54 Å². The van der Waals surface area contributed by atoms with Gasteiger partial charge in [0.15, 0.2) is 0 Å². The van der Waals surface area contributed by atoms with Crippen LogP contribution in [0.4, 0.5) is 5.82 Å². The second kappa shape index (κ2) is 7.28. The van der Waals surface area contributed by atoms with Gasteiger partial charge in [-0.15, -0.1) is 0 Å². The van der Waals surface area contributed by atoms with Gasteiger partial charge in [0.1, 0.15) is 17.9 Å². The molecule has 1 aliphatic rings. The predicted octanol–water partition coefficient (Wildman–Crippen LogP) is 2.18. The van der Waals surface area contributed by atoms with E-state index >= 15 is 0 Å². The standard InChI is InChI=1S/C17H22N4O2/c1-22-15-5-3-4-13(8-15)10-21-7-6-14(11-21)20-16-9-17(23-2)19-12-18-16/h3-5,8-9,12,14H,6-7,10-11H2,1-2H3,(H,18,19,20). The van der Waals surface area contributed by atoms with Gasteiger partial charge in [0.05, 0.1) is 14.2 Å². The summed E-state index contributed by atoms with van der Waals surface area (Å²) in [5.41, 5.74) is 1.27. The van der Waals surface area contributed by atoms with Crippen molar-refractivity contribution in [3.8, 4) is 11.6 Å². The Labute approximate surface area is 136 Å². The van der Waals surface area contributed by atoms with Crippen LogP contribution in [0.15, 0.2) is 36.7 Å². The van der Waals surface area contributed by atoms with E-state index in [0.717, 1.165) is 37.6 Å². The Morgan fingerprint density at radius 1 is 1.22 bits per heavy atom. The van der Waals surface area contributed by atoms with Gasteiger partial charge in [0.25, 0.3) is 0 Å². The summed E-state index contributed by atoms with van der Waals surface area (Å²) in [5, 5.41) is 3.46. The zero-order valence-electron chi connectivity index (χ0n) is 13.5. The normalized spacial score (nSPS) is 17.9. The maximum atomic E-state index is 5.28. The molecule has 1 aromatic carbocycles. The van der Waals surface area contributed by atoms with Crippen LogP contribution in [0.5, 0.6) is 11.6 Å². The Balaban J connectivity index is 1.55. The maximum Gasteiger partial charge on any atom is 0.218 e. The lowest BCUT2D eigenvalue weighted by Crippen LogP contribution is -2.26. The molecule has 6 heteroatoms. The van der Waals surface area contributed by atoms with Crippen molar-refractivity contribution >= 4 is 5.82 Å². The number of rotatable bonds is 6. The number of methoxy groups -OCH3 is 2. The molecule has 23 heavy (non-hydrogen) atoms. The molecule has 2 heterocycles. The van der Waals surface area contributed by atoms with E-state index in [-0.39, 0.29) is 0 Å². The number of likely N-dealkylation sites (tertiary alicyclic amines) is 1. The number of nitrogens with one attached hydrogen (secondary N) is 1. The maximum absolute atomic E-state index is 5.28. The predicted molar refractivity (Wildman–Crippen MR) is 88.9 cm³/mol. The summed E-state index contributed by atoms with van der Waals surface area (Å²) in [6, 6.07) is 10.5. The van der Waals surface area contributed by atoms with Crippen molar-refractivity contribution in [3.05, 3.63) is 42.2 Å². The summed E-state index contributed by atoms with van der Waals surface area (Å²) in [6.07, 6.45) is 2.61. The van der Waals surface area contributed by atoms with Crippen LogP contribution in [0.1, 0.15) is 12.0 Å². The van der Waals surface area contributed by atoms with Crippen LogP contribution in [-0.4, -0.2) is 48.2 Å². The first-order valence-electron chi connectivity index (χ1n) is 7.74. The molecule has 0 spiro atoms. The van der Waals surface area contributed by atoms with Crippen LogP contribution in [0.2, 0.25) is 0 Å². The van der Waals surface area contributed by atoms with Crippen molar-refractivity contribution in [2.24, 2.45) is 0 Å². The largest absolute Gasteiger partial charge is 0.497 e. The lowest BCUT2D eigenvalue weighted by atomic mass is 10.2. The summed E-state index contributed by atoms with van der Waals surface area (Å²) in [4.78, 5) is 10.7. The molecule has 0 radical (unpaired) electrons. The summed E-state index contributed by atoms with van der Waals surface area (Å²) in [7, 11) is 3.31. The summed E-state index contributed by atoms with van der Waals surface area (Å²) < 4.78 is 10.4. The number of benzene rings is 1. The molecule has 2 aromatic rings. The van der Waals surface area contributed by atoms with Gasteiger partial charge in [0.2, 0.25) is 5.88 Å². The van der Waals surface area contributed by atoms with Crippen molar-refractivity contribution in [1.29, 1.82) is 0 Å². The number of hydrogen-bond donors (Lipinski definition) is 1. The van der Waals surface area contributed by atoms with Crippen LogP contribution in [0.3, 0.4) is 0 Å². The van der Waals surface area contributed by atoms with Crippen LogP contribution in [0.25, 0.3) is 0 Å². The summed E-state index contributed by atoms with van der Waals surface area (Å²) in [6.45, 7) is 2.99. The fraction of sp³-hybridized carbons (Fsp3) is 0.412. The van der Waals surface area contributed by atoms with Crippen LogP contribution < -0.4 is 14.8 Å². The molecule has 6 nitrogen and oxygen atoms in total. The molecule has 1 atom stereocenters. The molecular formula is C17H22N4O2. The van der Waals surface area contributed by atoms with E-state index in [0.29, 0.717) is 11.9 Å². The number of nitrogens with zero attached hydrogens (tertiary/aromatic N) is 3. The van der Waals surface area contributed by atoms with Crippen LogP contribution in [0, 0.1) is 0 Å². The Kier molecular flexibility index (Phi) is 4.92. The van der Waals surface area contributed by atoms with E-state index in [2.05, 4.69) is 32.3 Å². The quantitative estimate of drug-likeness (QED) is 0.882. The fourth-order valence-corrected chi connectivity index (χ4v) is 2.86. The van der Waals surface area contributed by atoms with E-state index in [1.807, 2.05) is 18.2 Å². The number of ether oxygens (including phenoxy) is 2. The molecule has 1 fully saturated rings. The second-order valence-electron chi connectivity index (χ2n) is 5.66. The zero-order chi connectivity index (χ0) is 16.1. The molecule has 0 aliphatic carbocycles. The fourth-order valence-electron chi connectivity index (χ4n) is 2.86. The molecule has 0 amide bonds. The van der Waals surface area contributed by atoms with Gasteiger partial charge in [-0.1, -0.05) is 12.1 Å². The highest BCUT2D eigenvalue weighted by Gasteiger charge is 2.22. The van der Waals surface area contributed by atoms with E-state index in [1.54, 1.807) is 14.2 Å². The Morgan fingerprint density at radius 3 is 2.96 bits per heavy atom. The third kappa shape index (κ3) is 4.10. The first-order valence-corrected chi connectivity index (χ1v) is 7.74. The summed E-state index contributed by atoms with van der Waals surface area (Å²) >= 11 is 0. The number of hydrogen-bond acceptors (Lipinski definition) is 6. The smallest absolute Gasteiger partial charge is 0.218 e. The average Bonchev–Trinajstić information content (AvgIpc) is 3.02. The lowest BCUT2D eigenvalue weighted by Gasteiger charge is -2.17. The minimum Gasteiger partial charge on any atom is -0.497 e. The highest BCUT2D eigenvalue weighted by atomic mass is 16.5. The number of anilines is 1. The molecular weight excluding hydrogens is 292 g/mol. The SMILES string of the molecule is COc1cccc(CN2CCC(Nc3cc(OC)ncn3)C2)c1. The first-order chi connectivity index (χ1) is 11.3. The summed E-state index contributed by atoms with van der Waals surface area (Å²) in [5.74, 6) is 2.29. The number of aromatic nitrogens is 2. The molecule has 3 rings (SSSR count). The molecule has 1 aliphatic heterocycles. The second-order valence-corrected chi connectivity index (χ2v) is 5.66. The van der Waals surface area contributed by atoms with E-state index in [4.69, 9.17) is 9.47 Å². The lowest BCUT2D eigenvalue weighted by molar-refractivity contribution is 0.327. The van der Waals surface area contributed by atoms with Crippen molar-refractivity contribution in [2.75, 3.05) is 32.6 Å². The van der Waals surface area contributed by atoms with Gasteiger partial charge in [0, 0.05) is 31.7 Å². The van der Waals surface area contributed by atoms with Gasteiger partial charge in [-0.05, 0) is 24.1 Å². The Bertz CT molecular complexity index is 594. The van der Waals surface area contributed by atoms with E-state index < -0.39 is 0 Å². The third-order valence-corrected chi connectivity index (χ3v) is 4.02. The van der Waals surface area contributed by atoms with Gasteiger partial charge in [-0.25, -0.2) is 9.97 Å². The molecule has 122 valence electrons. The molecule has 0 saturated carbocycles. The highest BCUT2D eigenvalue weighted by molar-refractivity contribution is 5.38. The highest BCUT2D eigenvalue weighted by Crippen LogP contribution is 2.20. The van der Waals surface area contributed by atoms with Crippen molar-refractivity contribution < 1.29 is 9.47 Å². The van der Waals surface area contributed by atoms with Gasteiger partial charge < -0.3 is 14.8 Å². The monoisotopic (exact) mass is 314 g/mol. The van der Waals surface area contributed by atoms with Gasteiger partial charge in [-0.3, -0.25) is 4.90 Å². The zero-order valence-corrected chi connectivity index (χ0v) is 13.5. The van der Waals surface area contributed by atoms with Crippen LogP contribution >= 0.6 is 0 Å². The van der Waals surface area contributed by atoms with Crippen molar-refractivity contribution in [3.63, 3.8) is 0 Å². The topological polar surface area (TPSA) is 59.5 Å². The first kappa shape index (κ1) is 15.6. The molecule has 1 aromatic heterocycles.